The zero-order valence-electron chi connectivity index (χ0n) is 11.0. The molecule has 2 rings (SSSR count). The number of aromatic carboxylic acids is 1. The first kappa shape index (κ1) is 14.3. The third-order valence-electron chi connectivity index (χ3n) is 3.25. The van der Waals surface area contributed by atoms with Crippen molar-refractivity contribution < 1.29 is 19.1 Å². The first-order valence-corrected chi connectivity index (χ1v) is 6.64. The van der Waals surface area contributed by atoms with Crippen LogP contribution in [0.2, 0.25) is 0 Å². The molecule has 0 unspecified atom stereocenters. The summed E-state index contributed by atoms with van der Waals surface area (Å²) >= 11 is 0. The van der Waals surface area contributed by atoms with Gasteiger partial charge in [-0.15, -0.1) is 0 Å². The Morgan fingerprint density at radius 3 is 2.75 bits per heavy atom. The van der Waals surface area contributed by atoms with E-state index in [1.807, 2.05) is 0 Å². The topological polar surface area (TPSA) is 78.4 Å². The number of carbonyl (C=O) groups excluding carboxylic acids is 1. The molecule has 1 saturated carbocycles. The summed E-state index contributed by atoms with van der Waals surface area (Å²) in [5, 5.41) is 13.9. The van der Waals surface area contributed by atoms with Crippen LogP contribution in [-0.2, 0) is 0 Å². The number of carboxylic acid groups (broad SMARTS) is 1. The lowest BCUT2D eigenvalue weighted by Gasteiger charge is -2.10. The first-order chi connectivity index (χ1) is 9.58. The van der Waals surface area contributed by atoms with Crippen molar-refractivity contribution in [1.29, 1.82) is 0 Å². The molecule has 0 aliphatic heterocycles. The van der Waals surface area contributed by atoms with Gasteiger partial charge in [0.2, 0.25) is 0 Å². The molecule has 1 aliphatic rings. The van der Waals surface area contributed by atoms with Crippen LogP contribution in [0.3, 0.4) is 0 Å². The van der Waals surface area contributed by atoms with E-state index in [2.05, 4.69) is 10.6 Å². The number of urea groups is 1. The average molecular weight is 280 g/mol. The van der Waals surface area contributed by atoms with Crippen LogP contribution < -0.4 is 10.6 Å². The van der Waals surface area contributed by atoms with Crippen LogP contribution in [0.1, 0.15) is 36.0 Å². The second kappa shape index (κ2) is 6.36. The van der Waals surface area contributed by atoms with Gasteiger partial charge in [-0.25, -0.2) is 14.0 Å². The fraction of sp³-hybridized carbons (Fsp3) is 0.429. The lowest BCUT2D eigenvalue weighted by Crippen LogP contribution is -2.30. The minimum atomic E-state index is -1.41. The van der Waals surface area contributed by atoms with Gasteiger partial charge in [0.15, 0.2) is 0 Å². The van der Waals surface area contributed by atoms with Crippen LogP contribution in [0.4, 0.5) is 14.9 Å². The highest BCUT2D eigenvalue weighted by atomic mass is 19.1. The lowest BCUT2D eigenvalue weighted by molar-refractivity contribution is 0.0693. The summed E-state index contributed by atoms with van der Waals surface area (Å²) in [4.78, 5) is 22.6. The van der Waals surface area contributed by atoms with Crippen LogP contribution >= 0.6 is 0 Å². The van der Waals surface area contributed by atoms with Crippen molar-refractivity contribution in [1.82, 2.24) is 5.32 Å². The van der Waals surface area contributed by atoms with Gasteiger partial charge in [-0.05, 0) is 30.9 Å². The number of amides is 2. The van der Waals surface area contributed by atoms with Crippen LogP contribution in [0, 0.1) is 11.7 Å². The van der Waals surface area contributed by atoms with E-state index in [0.29, 0.717) is 6.54 Å². The van der Waals surface area contributed by atoms with E-state index < -0.39 is 23.4 Å². The molecule has 5 nitrogen and oxygen atoms in total. The molecule has 0 spiro atoms. The molecular weight excluding hydrogens is 263 g/mol. The van der Waals surface area contributed by atoms with Crippen molar-refractivity contribution in [3.05, 3.63) is 29.6 Å². The van der Waals surface area contributed by atoms with E-state index in [-0.39, 0.29) is 5.69 Å². The molecule has 0 bridgehead atoms. The Balaban J connectivity index is 1.86. The highest BCUT2D eigenvalue weighted by Crippen LogP contribution is 2.33. The maximum Gasteiger partial charge on any atom is 0.340 e. The second-order valence-corrected chi connectivity index (χ2v) is 4.93. The zero-order chi connectivity index (χ0) is 14.5. The summed E-state index contributed by atoms with van der Waals surface area (Å²) in [6, 6.07) is 3.23. The third kappa shape index (κ3) is 3.94. The van der Waals surface area contributed by atoms with Crippen LogP contribution in [0.15, 0.2) is 18.2 Å². The van der Waals surface area contributed by atoms with E-state index >= 15 is 0 Å². The van der Waals surface area contributed by atoms with Gasteiger partial charge in [-0.2, -0.15) is 0 Å². The van der Waals surface area contributed by atoms with E-state index in [9.17, 15) is 14.0 Å². The Hall–Kier alpha value is -2.11. The Labute approximate surface area is 116 Å². The van der Waals surface area contributed by atoms with Gasteiger partial charge >= 0.3 is 12.0 Å². The van der Waals surface area contributed by atoms with Crippen molar-refractivity contribution in [3.8, 4) is 0 Å². The number of hydrogen-bond acceptors (Lipinski definition) is 2. The highest BCUT2D eigenvalue weighted by molar-refractivity contribution is 6.00. The number of halogens is 1. The van der Waals surface area contributed by atoms with E-state index in [1.54, 1.807) is 0 Å². The molecule has 3 N–H and O–H groups in total. The molecule has 108 valence electrons. The number of carboxylic acids is 1. The number of carbonyl (C=O) groups is 2. The Bertz CT molecular complexity index is 515. The molecule has 1 fully saturated rings. The van der Waals surface area contributed by atoms with Crippen molar-refractivity contribution in [3.63, 3.8) is 0 Å². The maximum absolute atomic E-state index is 13.4. The predicted octanol–water partition coefficient (Wildman–Crippen LogP) is 2.84. The van der Waals surface area contributed by atoms with Crippen molar-refractivity contribution >= 4 is 17.7 Å². The first-order valence-electron chi connectivity index (χ1n) is 6.64. The normalized spacial score (nSPS) is 13.8. The van der Waals surface area contributed by atoms with Crippen LogP contribution in [0.5, 0.6) is 0 Å². The Morgan fingerprint density at radius 1 is 1.35 bits per heavy atom. The summed E-state index contributed by atoms with van der Waals surface area (Å²) in [5.74, 6) is -1.47. The molecule has 20 heavy (non-hydrogen) atoms. The SMILES string of the molecule is O=C(NCCCC1CC1)Nc1cccc(F)c1C(=O)O. The third-order valence-corrected chi connectivity index (χ3v) is 3.25. The standard InChI is InChI=1S/C14H17FN2O3/c15-10-4-1-5-11(12(10)13(18)19)17-14(20)16-8-2-3-9-6-7-9/h1,4-5,9H,2-3,6-8H2,(H,18,19)(H2,16,17,20). The molecule has 1 aromatic carbocycles. The number of hydrogen-bond donors (Lipinski definition) is 3. The largest absolute Gasteiger partial charge is 0.478 e. The van der Waals surface area contributed by atoms with Gasteiger partial charge in [0.1, 0.15) is 11.4 Å². The molecule has 1 aliphatic carbocycles. The maximum atomic E-state index is 13.4. The molecular formula is C14H17FN2O3. The molecule has 0 heterocycles. The van der Waals surface area contributed by atoms with Gasteiger partial charge in [-0.1, -0.05) is 18.9 Å². The van der Waals surface area contributed by atoms with E-state index in [4.69, 9.17) is 5.11 Å². The highest BCUT2D eigenvalue weighted by Gasteiger charge is 2.20. The molecule has 0 atom stereocenters. The molecule has 6 heteroatoms. The fourth-order valence-corrected chi connectivity index (χ4v) is 2.01. The van der Waals surface area contributed by atoms with Gasteiger partial charge in [0.25, 0.3) is 0 Å². The molecule has 0 saturated heterocycles. The zero-order valence-corrected chi connectivity index (χ0v) is 11.0. The minimum absolute atomic E-state index is 0.0443. The average Bonchev–Trinajstić information content (AvgIpc) is 3.18. The summed E-state index contributed by atoms with van der Waals surface area (Å²) in [6.07, 6.45) is 4.54. The fourth-order valence-electron chi connectivity index (χ4n) is 2.01. The summed E-state index contributed by atoms with van der Waals surface area (Å²) in [6.45, 7) is 0.528. The van der Waals surface area contributed by atoms with Gasteiger partial charge in [0.05, 0.1) is 5.69 Å². The summed E-state index contributed by atoms with van der Waals surface area (Å²) in [5.41, 5.74) is -0.571. The van der Waals surface area contributed by atoms with Gasteiger partial charge in [0, 0.05) is 6.54 Å². The van der Waals surface area contributed by atoms with E-state index in [0.717, 1.165) is 24.8 Å². The molecule has 0 radical (unpaired) electrons. The summed E-state index contributed by atoms with van der Waals surface area (Å²) in [7, 11) is 0. The van der Waals surface area contributed by atoms with Crippen LogP contribution in [-0.4, -0.2) is 23.7 Å². The van der Waals surface area contributed by atoms with Crippen molar-refractivity contribution in [2.75, 3.05) is 11.9 Å². The van der Waals surface area contributed by atoms with Gasteiger partial charge in [-0.3, -0.25) is 0 Å². The Morgan fingerprint density at radius 2 is 2.10 bits per heavy atom. The quantitative estimate of drug-likeness (QED) is 0.701. The molecule has 1 aromatic rings. The number of rotatable bonds is 6. The minimum Gasteiger partial charge on any atom is -0.478 e. The van der Waals surface area contributed by atoms with Crippen LogP contribution in [0.25, 0.3) is 0 Å². The predicted molar refractivity (Wildman–Crippen MR) is 72.3 cm³/mol. The van der Waals surface area contributed by atoms with Crippen molar-refractivity contribution in [2.24, 2.45) is 5.92 Å². The Kier molecular flexibility index (Phi) is 4.55. The molecule has 2 amide bonds. The summed E-state index contributed by atoms with van der Waals surface area (Å²) < 4.78 is 13.4. The second-order valence-electron chi connectivity index (χ2n) is 4.93. The van der Waals surface area contributed by atoms with Crippen molar-refractivity contribution in [2.45, 2.75) is 25.7 Å². The lowest BCUT2D eigenvalue weighted by atomic mass is 10.1. The van der Waals surface area contributed by atoms with Gasteiger partial charge < -0.3 is 15.7 Å². The molecule has 0 aromatic heterocycles. The number of nitrogens with one attached hydrogen (secondary N) is 2. The van der Waals surface area contributed by atoms with E-state index in [1.165, 1.54) is 25.0 Å². The smallest absolute Gasteiger partial charge is 0.340 e. The number of benzene rings is 1. The monoisotopic (exact) mass is 280 g/mol. The number of anilines is 1.